The van der Waals surface area contributed by atoms with E-state index in [0.717, 1.165) is 16.3 Å². The van der Waals surface area contributed by atoms with Gasteiger partial charge in [0.05, 0.1) is 16.9 Å². The number of hydrogen-bond acceptors (Lipinski definition) is 5. The molecule has 2 heterocycles. The molecule has 0 saturated heterocycles. The Balaban J connectivity index is 1.80. The molecule has 0 radical (unpaired) electrons. The average Bonchev–Trinajstić information content (AvgIpc) is 3.17. The molecule has 0 aliphatic carbocycles. The number of rotatable bonds is 4. The maximum atomic E-state index is 8.82. The van der Waals surface area contributed by atoms with Crippen LogP contribution in [0.4, 0.5) is 5.69 Å². The molecule has 3 rings (SSSR count). The first-order valence-electron chi connectivity index (χ1n) is 6.02. The number of hydrogen-bond donors (Lipinski definition) is 1. The van der Waals surface area contributed by atoms with Crippen molar-refractivity contribution in [3.8, 4) is 11.8 Å². The van der Waals surface area contributed by atoms with Gasteiger partial charge < -0.3 is 5.32 Å². The van der Waals surface area contributed by atoms with Crippen molar-refractivity contribution in [1.82, 2.24) is 14.8 Å². The third-order valence-electron chi connectivity index (χ3n) is 2.81. The summed E-state index contributed by atoms with van der Waals surface area (Å²) in [6.07, 6.45) is 3.18. The number of thiophene rings is 1. The zero-order valence-corrected chi connectivity index (χ0v) is 11.3. The molecule has 0 aliphatic rings. The van der Waals surface area contributed by atoms with Gasteiger partial charge in [-0.1, -0.05) is 12.1 Å². The van der Waals surface area contributed by atoms with Crippen molar-refractivity contribution in [2.24, 2.45) is 0 Å². The summed E-state index contributed by atoms with van der Waals surface area (Å²) >= 11 is 1.58. The smallest absolute Gasteiger partial charge is 0.138 e. The Morgan fingerprint density at radius 2 is 2.25 bits per heavy atom. The maximum Gasteiger partial charge on any atom is 0.138 e. The molecule has 0 saturated carbocycles. The van der Waals surface area contributed by atoms with Crippen LogP contribution in [-0.2, 0) is 6.54 Å². The lowest BCUT2D eigenvalue weighted by atomic mass is 10.2. The van der Waals surface area contributed by atoms with Gasteiger partial charge in [0.15, 0.2) is 0 Å². The Kier molecular flexibility index (Phi) is 3.44. The highest BCUT2D eigenvalue weighted by molar-refractivity contribution is 7.10. The summed E-state index contributed by atoms with van der Waals surface area (Å²) in [5.74, 6) is 0. The summed E-state index contributed by atoms with van der Waals surface area (Å²) in [5.41, 5.74) is 2.63. The van der Waals surface area contributed by atoms with Gasteiger partial charge in [0.2, 0.25) is 0 Å². The number of nitrogens with one attached hydrogen (secondary N) is 1. The highest BCUT2D eigenvalue weighted by Gasteiger charge is 2.05. The third kappa shape index (κ3) is 2.53. The minimum atomic E-state index is 0.679. The van der Waals surface area contributed by atoms with E-state index in [1.165, 1.54) is 6.33 Å². The van der Waals surface area contributed by atoms with Gasteiger partial charge in [0, 0.05) is 16.8 Å². The summed E-state index contributed by atoms with van der Waals surface area (Å²) in [5, 5.41) is 18.2. The Bertz CT molecular complexity index is 739. The molecule has 98 valence electrons. The zero-order chi connectivity index (χ0) is 13.8. The van der Waals surface area contributed by atoms with E-state index in [9.17, 15) is 0 Å². The summed E-state index contributed by atoms with van der Waals surface area (Å²) in [7, 11) is 0. The van der Waals surface area contributed by atoms with Crippen molar-refractivity contribution in [2.45, 2.75) is 6.54 Å². The van der Waals surface area contributed by atoms with Crippen LogP contribution in [0.5, 0.6) is 0 Å². The zero-order valence-electron chi connectivity index (χ0n) is 10.5. The molecule has 2 aromatic heterocycles. The van der Waals surface area contributed by atoms with Crippen molar-refractivity contribution in [3.63, 3.8) is 0 Å². The molecule has 0 amide bonds. The Labute approximate surface area is 120 Å². The van der Waals surface area contributed by atoms with E-state index in [2.05, 4.69) is 21.5 Å². The SMILES string of the molecule is N#Cc1csc(CNc2ccccc2-n2cncn2)c1. The minimum absolute atomic E-state index is 0.679. The molecule has 0 spiro atoms. The van der Waals surface area contributed by atoms with E-state index < -0.39 is 0 Å². The fraction of sp³-hybridized carbons (Fsp3) is 0.0714. The second-order valence-corrected chi connectivity index (χ2v) is 5.12. The Hall–Kier alpha value is -2.65. The number of anilines is 1. The Morgan fingerprint density at radius 3 is 3.00 bits per heavy atom. The van der Waals surface area contributed by atoms with Crippen LogP contribution in [0.15, 0.2) is 48.4 Å². The monoisotopic (exact) mass is 281 g/mol. The molecule has 6 heteroatoms. The molecule has 0 unspecified atom stereocenters. The van der Waals surface area contributed by atoms with Gasteiger partial charge in [-0.15, -0.1) is 11.3 Å². The first kappa shape index (κ1) is 12.4. The molecule has 0 atom stereocenters. The molecule has 0 bridgehead atoms. The Morgan fingerprint density at radius 1 is 1.35 bits per heavy atom. The van der Waals surface area contributed by atoms with Crippen LogP contribution in [0.2, 0.25) is 0 Å². The predicted octanol–water partition coefficient (Wildman–Crippen LogP) is 2.81. The maximum absolute atomic E-state index is 8.82. The van der Waals surface area contributed by atoms with Crippen molar-refractivity contribution < 1.29 is 0 Å². The topological polar surface area (TPSA) is 66.5 Å². The van der Waals surface area contributed by atoms with Crippen molar-refractivity contribution >= 4 is 17.0 Å². The van der Waals surface area contributed by atoms with E-state index in [1.54, 1.807) is 22.3 Å². The average molecular weight is 281 g/mol. The second-order valence-electron chi connectivity index (χ2n) is 4.12. The lowest BCUT2D eigenvalue weighted by Crippen LogP contribution is -2.03. The molecule has 0 fully saturated rings. The summed E-state index contributed by atoms with van der Waals surface area (Å²) in [4.78, 5) is 5.08. The third-order valence-corrected chi connectivity index (χ3v) is 3.74. The summed E-state index contributed by atoms with van der Waals surface area (Å²) in [6.45, 7) is 0.679. The first-order chi connectivity index (χ1) is 9.86. The molecular formula is C14H11N5S. The van der Waals surface area contributed by atoms with E-state index in [1.807, 2.05) is 35.7 Å². The largest absolute Gasteiger partial charge is 0.378 e. The lowest BCUT2D eigenvalue weighted by Gasteiger charge is -2.10. The van der Waals surface area contributed by atoms with Crippen LogP contribution in [0, 0.1) is 11.3 Å². The van der Waals surface area contributed by atoms with E-state index in [-0.39, 0.29) is 0 Å². The standard InChI is InChI=1S/C14H11N5S/c15-6-11-5-12(20-8-11)7-17-13-3-1-2-4-14(13)19-10-16-9-18-19/h1-5,8-10,17H,7H2. The predicted molar refractivity (Wildman–Crippen MR) is 77.7 cm³/mol. The molecule has 3 aromatic rings. The van der Waals surface area contributed by atoms with Gasteiger partial charge in [-0.2, -0.15) is 10.4 Å². The van der Waals surface area contributed by atoms with Crippen molar-refractivity contribution in [1.29, 1.82) is 5.26 Å². The van der Waals surface area contributed by atoms with E-state index in [4.69, 9.17) is 5.26 Å². The molecule has 0 aliphatic heterocycles. The minimum Gasteiger partial charge on any atom is -0.378 e. The summed E-state index contributed by atoms with van der Waals surface area (Å²) in [6, 6.07) is 11.9. The molecule has 20 heavy (non-hydrogen) atoms. The van der Waals surface area contributed by atoms with Crippen LogP contribution in [0.1, 0.15) is 10.4 Å². The van der Waals surface area contributed by atoms with Crippen LogP contribution >= 0.6 is 11.3 Å². The second kappa shape index (κ2) is 5.55. The molecular weight excluding hydrogens is 270 g/mol. The van der Waals surface area contributed by atoms with Crippen LogP contribution < -0.4 is 5.32 Å². The van der Waals surface area contributed by atoms with Gasteiger partial charge in [0.25, 0.3) is 0 Å². The normalized spacial score (nSPS) is 10.2. The lowest BCUT2D eigenvalue weighted by molar-refractivity contribution is 0.878. The summed E-state index contributed by atoms with van der Waals surface area (Å²) < 4.78 is 1.72. The number of benzene rings is 1. The molecule has 1 aromatic carbocycles. The van der Waals surface area contributed by atoms with E-state index in [0.29, 0.717) is 12.1 Å². The van der Waals surface area contributed by atoms with E-state index >= 15 is 0 Å². The molecule has 5 nitrogen and oxygen atoms in total. The van der Waals surface area contributed by atoms with Crippen LogP contribution in [-0.4, -0.2) is 14.8 Å². The van der Waals surface area contributed by atoms with Gasteiger partial charge in [0.1, 0.15) is 18.7 Å². The van der Waals surface area contributed by atoms with Crippen molar-refractivity contribution in [2.75, 3.05) is 5.32 Å². The fourth-order valence-electron chi connectivity index (χ4n) is 1.87. The number of aromatic nitrogens is 3. The highest BCUT2D eigenvalue weighted by Crippen LogP contribution is 2.21. The van der Waals surface area contributed by atoms with Gasteiger partial charge >= 0.3 is 0 Å². The first-order valence-corrected chi connectivity index (χ1v) is 6.90. The van der Waals surface area contributed by atoms with Crippen LogP contribution in [0.25, 0.3) is 5.69 Å². The number of nitriles is 1. The van der Waals surface area contributed by atoms with Gasteiger partial charge in [-0.05, 0) is 18.2 Å². The van der Waals surface area contributed by atoms with Gasteiger partial charge in [-0.3, -0.25) is 0 Å². The quantitative estimate of drug-likeness (QED) is 0.798. The van der Waals surface area contributed by atoms with Gasteiger partial charge in [-0.25, -0.2) is 9.67 Å². The number of para-hydroxylation sites is 2. The van der Waals surface area contributed by atoms with Crippen molar-refractivity contribution in [3.05, 3.63) is 58.8 Å². The number of nitrogens with zero attached hydrogens (tertiary/aromatic N) is 4. The van der Waals surface area contributed by atoms with Crippen LogP contribution in [0.3, 0.4) is 0 Å². The molecule has 1 N–H and O–H groups in total. The fourth-order valence-corrected chi connectivity index (χ4v) is 2.62. The highest BCUT2D eigenvalue weighted by atomic mass is 32.1.